The lowest BCUT2D eigenvalue weighted by Gasteiger charge is -2.02. The normalized spacial score (nSPS) is 12.0. The minimum Gasteiger partial charge on any atom is -0.300 e. The molecule has 1 N–H and O–H groups in total. The van der Waals surface area contributed by atoms with Crippen molar-refractivity contribution in [1.29, 1.82) is 0 Å². The highest BCUT2D eigenvalue weighted by Gasteiger charge is 2.28. The van der Waals surface area contributed by atoms with Crippen LogP contribution in [-0.2, 0) is 13.5 Å². The molecule has 0 spiro atoms. The molecule has 0 atom stereocenters. The molecule has 0 saturated heterocycles. The zero-order valence-corrected chi connectivity index (χ0v) is 6.27. The molecule has 0 aromatic carbocycles. The van der Waals surface area contributed by atoms with Crippen molar-refractivity contribution in [3.63, 3.8) is 0 Å². The van der Waals surface area contributed by atoms with Crippen molar-refractivity contribution in [2.75, 3.05) is 0 Å². The highest BCUT2D eigenvalue weighted by atomic mass is 19.4. The van der Waals surface area contributed by atoms with Crippen LogP contribution in [0.15, 0.2) is 10.9 Å². The van der Waals surface area contributed by atoms with Crippen LogP contribution in [0.25, 0.3) is 0 Å². The molecule has 0 amide bonds. The summed E-state index contributed by atoms with van der Waals surface area (Å²) in [7, 11) is 1.36. The Bertz CT molecular complexity index is 322. The van der Waals surface area contributed by atoms with Crippen LogP contribution in [0.2, 0.25) is 0 Å². The molecule has 0 aliphatic rings. The molecule has 0 radical (unpaired) electrons. The molecular weight excluding hydrogens is 173 g/mol. The molecule has 0 bridgehead atoms. The number of nitrogens with zero attached hydrogens (tertiary/aromatic N) is 1. The SMILES string of the molecule is Cn1[nH]c(CC(F)(F)F)cc1=O. The molecular formula is C6H7F3N2O. The van der Waals surface area contributed by atoms with E-state index in [0.717, 1.165) is 10.7 Å². The molecule has 0 fully saturated rings. The smallest absolute Gasteiger partial charge is 0.300 e. The van der Waals surface area contributed by atoms with Crippen molar-refractivity contribution in [3.05, 3.63) is 22.1 Å². The average Bonchev–Trinajstić information content (AvgIpc) is 2.07. The molecule has 1 heterocycles. The summed E-state index contributed by atoms with van der Waals surface area (Å²) in [5.74, 6) is 0. The van der Waals surface area contributed by atoms with Crippen molar-refractivity contribution >= 4 is 0 Å². The van der Waals surface area contributed by atoms with Gasteiger partial charge in [0.15, 0.2) is 0 Å². The van der Waals surface area contributed by atoms with Crippen molar-refractivity contribution in [3.8, 4) is 0 Å². The minimum atomic E-state index is -4.27. The van der Waals surface area contributed by atoms with E-state index in [-0.39, 0.29) is 5.69 Å². The van der Waals surface area contributed by atoms with Gasteiger partial charge in [0.1, 0.15) is 0 Å². The van der Waals surface area contributed by atoms with Crippen LogP contribution >= 0.6 is 0 Å². The van der Waals surface area contributed by atoms with Gasteiger partial charge in [0.05, 0.1) is 6.42 Å². The highest BCUT2D eigenvalue weighted by molar-refractivity contribution is 5.00. The van der Waals surface area contributed by atoms with E-state index >= 15 is 0 Å². The zero-order valence-electron chi connectivity index (χ0n) is 6.27. The Labute approximate surface area is 65.8 Å². The molecule has 0 saturated carbocycles. The topological polar surface area (TPSA) is 37.8 Å². The number of H-pyrrole nitrogens is 1. The van der Waals surface area contributed by atoms with Crippen LogP contribution < -0.4 is 5.56 Å². The number of alkyl halides is 3. The number of nitrogens with one attached hydrogen (secondary N) is 1. The lowest BCUT2D eigenvalue weighted by molar-refractivity contribution is -0.127. The van der Waals surface area contributed by atoms with Gasteiger partial charge in [-0.15, -0.1) is 0 Å². The molecule has 68 valence electrons. The molecule has 0 aliphatic heterocycles. The highest BCUT2D eigenvalue weighted by Crippen LogP contribution is 2.18. The van der Waals surface area contributed by atoms with Crippen LogP contribution in [0.3, 0.4) is 0 Å². The molecule has 3 nitrogen and oxygen atoms in total. The lowest BCUT2D eigenvalue weighted by atomic mass is 10.3. The summed E-state index contributed by atoms with van der Waals surface area (Å²) in [6, 6.07) is 0.938. The third-order valence-corrected chi connectivity index (χ3v) is 1.33. The van der Waals surface area contributed by atoms with Gasteiger partial charge in [-0.25, -0.2) is 0 Å². The summed E-state index contributed by atoms with van der Waals surface area (Å²) in [6.07, 6.45) is -5.37. The van der Waals surface area contributed by atoms with Crippen molar-refractivity contribution in [2.24, 2.45) is 7.05 Å². The zero-order chi connectivity index (χ0) is 9.35. The van der Waals surface area contributed by atoms with E-state index in [2.05, 4.69) is 5.10 Å². The Balaban J connectivity index is 2.85. The molecule has 1 aromatic heterocycles. The van der Waals surface area contributed by atoms with Crippen LogP contribution in [0.5, 0.6) is 0 Å². The summed E-state index contributed by atoms with van der Waals surface area (Å²) in [5.41, 5.74) is -0.579. The molecule has 1 aromatic rings. The fourth-order valence-electron chi connectivity index (χ4n) is 0.855. The Morgan fingerprint density at radius 1 is 1.58 bits per heavy atom. The number of rotatable bonds is 1. The fourth-order valence-corrected chi connectivity index (χ4v) is 0.855. The van der Waals surface area contributed by atoms with Gasteiger partial charge in [-0.3, -0.25) is 14.6 Å². The number of aryl methyl sites for hydroxylation is 1. The van der Waals surface area contributed by atoms with E-state index < -0.39 is 18.2 Å². The van der Waals surface area contributed by atoms with Gasteiger partial charge in [-0.05, 0) is 0 Å². The standard InChI is InChI=1S/C6H7F3N2O/c1-11-5(12)2-4(10-11)3-6(7,8)9/h2,10H,3H2,1H3. The van der Waals surface area contributed by atoms with Gasteiger partial charge in [0.2, 0.25) is 0 Å². The van der Waals surface area contributed by atoms with E-state index in [1.54, 1.807) is 0 Å². The Morgan fingerprint density at radius 2 is 2.17 bits per heavy atom. The third-order valence-electron chi connectivity index (χ3n) is 1.33. The van der Waals surface area contributed by atoms with Gasteiger partial charge < -0.3 is 0 Å². The van der Waals surface area contributed by atoms with Gasteiger partial charge in [0, 0.05) is 18.8 Å². The maximum absolute atomic E-state index is 11.8. The van der Waals surface area contributed by atoms with Crippen molar-refractivity contribution in [2.45, 2.75) is 12.6 Å². The predicted molar refractivity (Wildman–Crippen MR) is 35.8 cm³/mol. The first kappa shape index (κ1) is 8.89. The number of aromatic amines is 1. The quantitative estimate of drug-likeness (QED) is 0.682. The number of hydrogen-bond acceptors (Lipinski definition) is 1. The predicted octanol–water partition coefficient (Wildman–Crippen LogP) is 0.818. The third kappa shape index (κ3) is 2.14. The average molecular weight is 180 g/mol. The van der Waals surface area contributed by atoms with E-state index in [9.17, 15) is 18.0 Å². The number of halogens is 3. The summed E-state index contributed by atoms with van der Waals surface area (Å²) in [6.45, 7) is 0. The summed E-state index contributed by atoms with van der Waals surface area (Å²) >= 11 is 0. The number of aromatic nitrogens is 2. The Hall–Kier alpha value is -1.20. The second-order valence-electron chi connectivity index (χ2n) is 2.47. The van der Waals surface area contributed by atoms with Gasteiger partial charge in [-0.1, -0.05) is 0 Å². The van der Waals surface area contributed by atoms with Crippen molar-refractivity contribution in [1.82, 2.24) is 9.78 Å². The van der Waals surface area contributed by atoms with Gasteiger partial charge >= 0.3 is 6.18 Å². The van der Waals surface area contributed by atoms with Crippen LogP contribution in [0.1, 0.15) is 5.69 Å². The van der Waals surface area contributed by atoms with Crippen molar-refractivity contribution < 1.29 is 13.2 Å². The van der Waals surface area contributed by atoms with E-state index in [4.69, 9.17) is 0 Å². The summed E-state index contributed by atoms with van der Waals surface area (Å²) in [5, 5.41) is 2.29. The molecule has 0 aliphatic carbocycles. The van der Waals surface area contributed by atoms with E-state index in [1.807, 2.05) is 0 Å². The molecule has 0 unspecified atom stereocenters. The lowest BCUT2D eigenvalue weighted by Crippen LogP contribution is -2.12. The van der Waals surface area contributed by atoms with E-state index in [0.29, 0.717) is 0 Å². The summed E-state index contributed by atoms with van der Waals surface area (Å²) < 4.78 is 36.3. The molecule has 6 heteroatoms. The second-order valence-corrected chi connectivity index (χ2v) is 2.47. The molecule has 1 rings (SSSR count). The van der Waals surface area contributed by atoms with E-state index in [1.165, 1.54) is 7.05 Å². The first-order chi connectivity index (χ1) is 5.38. The van der Waals surface area contributed by atoms with Gasteiger partial charge in [-0.2, -0.15) is 13.2 Å². The maximum Gasteiger partial charge on any atom is 0.394 e. The molecule has 12 heavy (non-hydrogen) atoms. The maximum atomic E-state index is 11.8. The first-order valence-electron chi connectivity index (χ1n) is 3.20. The van der Waals surface area contributed by atoms with Crippen LogP contribution in [-0.4, -0.2) is 16.0 Å². The second kappa shape index (κ2) is 2.69. The van der Waals surface area contributed by atoms with Crippen LogP contribution in [0.4, 0.5) is 13.2 Å². The monoisotopic (exact) mass is 180 g/mol. The number of hydrogen-bond donors (Lipinski definition) is 1. The van der Waals surface area contributed by atoms with Gasteiger partial charge in [0.25, 0.3) is 5.56 Å². The first-order valence-corrected chi connectivity index (χ1v) is 3.20. The minimum absolute atomic E-state index is 0.116. The Morgan fingerprint density at radius 3 is 2.50 bits per heavy atom. The fraction of sp³-hybridized carbons (Fsp3) is 0.500. The Kier molecular flexibility index (Phi) is 1.99. The summed E-state index contributed by atoms with van der Waals surface area (Å²) in [4.78, 5) is 10.7. The largest absolute Gasteiger partial charge is 0.394 e. The van der Waals surface area contributed by atoms with Crippen LogP contribution in [0, 0.1) is 0 Å².